The van der Waals surface area contributed by atoms with Crippen molar-refractivity contribution >= 4 is 12.0 Å². The first-order chi connectivity index (χ1) is 16.4. The Labute approximate surface area is 201 Å². The van der Waals surface area contributed by atoms with Gasteiger partial charge in [0.1, 0.15) is 24.7 Å². The average Bonchev–Trinajstić information content (AvgIpc) is 2.81. The normalized spacial score (nSPS) is 11.4. The maximum absolute atomic E-state index is 11.0. The molecule has 3 aromatic carbocycles. The van der Waals surface area contributed by atoms with E-state index in [1.165, 1.54) is 5.56 Å². The standard InChI is InChI=1S/C29H32O5/c1-5-32-13-14-33-27-16-20(2)28(21(3)17-27)25-8-6-7-24(18-25)19-34-26-11-9-23(10-12-26)15-22(4)29(30)31/h6-12,15-18H,5,13-14,19H2,1-4H3,(H,30,31). The van der Waals surface area contributed by atoms with E-state index in [0.29, 0.717) is 32.0 Å². The minimum Gasteiger partial charge on any atom is -0.491 e. The second-order valence-electron chi connectivity index (χ2n) is 8.17. The molecule has 0 aliphatic carbocycles. The number of rotatable bonds is 11. The molecule has 0 heterocycles. The third-order valence-electron chi connectivity index (χ3n) is 5.43. The number of carboxylic acids is 1. The molecule has 0 spiro atoms. The van der Waals surface area contributed by atoms with Gasteiger partial charge in [0.25, 0.3) is 0 Å². The monoisotopic (exact) mass is 460 g/mol. The number of carboxylic acid groups (broad SMARTS) is 1. The summed E-state index contributed by atoms with van der Waals surface area (Å²) in [6.07, 6.45) is 1.63. The number of hydrogen-bond donors (Lipinski definition) is 1. The topological polar surface area (TPSA) is 65.0 Å². The van der Waals surface area contributed by atoms with E-state index < -0.39 is 5.97 Å². The molecule has 0 fully saturated rings. The zero-order valence-corrected chi connectivity index (χ0v) is 20.3. The van der Waals surface area contributed by atoms with E-state index in [-0.39, 0.29) is 0 Å². The van der Waals surface area contributed by atoms with Crippen molar-refractivity contribution < 1.29 is 24.1 Å². The second kappa shape index (κ2) is 12.1. The summed E-state index contributed by atoms with van der Waals surface area (Å²) in [5.74, 6) is 0.667. The summed E-state index contributed by atoms with van der Waals surface area (Å²) in [5, 5.41) is 9.01. The number of aryl methyl sites for hydroxylation is 2. The maximum Gasteiger partial charge on any atom is 0.331 e. The summed E-state index contributed by atoms with van der Waals surface area (Å²) < 4.78 is 17.1. The Morgan fingerprint density at radius 2 is 1.62 bits per heavy atom. The van der Waals surface area contributed by atoms with Gasteiger partial charge in [-0.1, -0.05) is 30.3 Å². The van der Waals surface area contributed by atoms with Crippen LogP contribution in [0.2, 0.25) is 0 Å². The van der Waals surface area contributed by atoms with Crippen LogP contribution in [0.5, 0.6) is 11.5 Å². The quantitative estimate of drug-likeness (QED) is 0.263. The molecule has 0 unspecified atom stereocenters. The van der Waals surface area contributed by atoms with Crippen molar-refractivity contribution in [3.05, 3.63) is 88.5 Å². The molecule has 3 aromatic rings. The summed E-state index contributed by atoms with van der Waals surface area (Å²) >= 11 is 0. The van der Waals surface area contributed by atoms with Crippen molar-refractivity contribution in [2.24, 2.45) is 0 Å². The summed E-state index contributed by atoms with van der Waals surface area (Å²) in [7, 11) is 0. The van der Waals surface area contributed by atoms with Crippen molar-refractivity contribution in [2.75, 3.05) is 19.8 Å². The Hall–Kier alpha value is -3.57. The van der Waals surface area contributed by atoms with Gasteiger partial charge in [-0.15, -0.1) is 0 Å². The van der Waals surface area contributed by atoms with Crippen LogP contribution < -0.4 is 9.47 Å². The third kappa shape index (κ3) is 6.96. The van der Waals surface area contributed by atoms with Crippen LogP contribution in [0.15, 0.2) is 66.2 Å². The highest BCUT2D eigenvalue weighted by Gasteiger charge is 2.10. The maximum atomic E-state index is 11.0. The summed E-state index contributed by atoms with van der Waals surface area (Å²) in [4.78, 5) is 11.0. The number of aliphatic carboxylic acids is 1. The highest BCUT2D eigenvalue weighted by molar-refractivity contribution is 5.91. The van der Waals surface area contributed by atoms with Gasteiger partial charge in [-0.05, 0) is 97.5 Å². The van der Waals surface area contributed by atoms with E-state index in [2.05, 4.69) is 38.1 Å². The number of benzene rings is 3. The van der Waals surface area contributed by atoms with E-state index in [9.17, 15) is 4.79 Å². The van der Waals surface area contributed by atoms with Crippen LogP contribution >= 0.6 is 0 Å². The van der Waals surface area contributed by atoms with Crippen molar-refractivity contribution in [1.82, 2.24) is 0 Å². The van der Waals surface area contributed by atoms with E-state index in [1.807, 2.05) is 43.3 Å². The SMILES string of the molecule is CCOCCOc1cc(C)c(-c2cccc(COc3ccc(C=C(C)C(=O)O)cc3)c2)c(C)c1. The molecule has 5 nitrogen and oxygen atoms in total. The zero-order valence-electron chi connectivity index (χ0n) is 20.3. The van der Waals surface area contributed by atoms with Crippen LogP contribution in [0.4, 0.5) is 0 Å². The minimum atomic E-state index is -0.922. The van der Waals surface area contributed by atoms with Crippen LogP contribution in [0.25, 0.3) is 17.2 Å². The first-order valence-corrected chi connectivity index (χ1v) is 11.4. The third-order valence-corrected chi connectivity index (χ3v) is 5.43. The number of ether oxygens (including phenoxy) is 3. The lowest BCUT2D eigenvalue weighted by Gasteiger charge is -2.15. The zero-order chi connectivity index (χ0) is 24.5. The average molecular weight is 461 g/mol. The van der Waals surface area contributed by atoms with Gasteiger partial charge in [-0.2, -0.15) is 0 Å². The van der Waals surface area contributed by atoms with Gasteiger partial charge in [-0.3, -0.25) is 0 Å². The molecule has 0 saturated carbocycles. The molecule has 0 atom stereocenters. The van der Waals surface area contributed by atoms with Crippen molar-refractivity contribution in [1.29, 1.82) is 0 Å². The number of carbonyl (C=O) groups is 1. The first-order valence-electron chi connectivity index (χ1n) is 11.4. The predicted octanol–water partition coefficient (Wildman–Crippen LogP) is 6.45. The Morgan fingerprint density at radius 3 is 2.26 bits per heavy atom. The van der Waals surface area contributed by atoms with E-state index in [1.54, 1.807) is 13.0 Å². The predicted molar refractivity (Wildman–Crippen MR) is 135 cm³/mol. The molecule has 34 heavy (non-hydrogen) atoms. The molecule has 0 aliphatic heterocycles. The fourth-order valence-electron chi connectivity index (χ4n) is 3.78. The van der Waals surface area contributed by atoms with Crippen molar-refractivity contribution in [3.8, 4) is 22.6 Å². The molecule has 0 bridgehead atoms. The lowest BCUT2D eigenvalue weighted by atomic mass is 9.94. The second-order valence-corrected chi connectivity index (χ2v) is 8.17. The Bertz CT molecular complexity index is 1120. The fourth-order valence-corrected chi connectivity index (χ4v) is 3.78. The van der Waals surface area contributed by atoms with Crippen molar-refractivity contribution in [3.63, 3.8) is 0 Å². The molecule has 3 rings (SSSR count). The highest BCUT2D eigenvalue weighted by Crippen LogP contribution is 2.31. The molecule has 0 amide bonds. The van der Waals surface area contributed by atoms with Gasteiger partial charge < -0.3 is 19.3 Å². The number of hydrogen-bond acceptors (Lipinski definition) is 4. The van der Waals surface area contributed by atoms with Gasteiger partial charge >= 0.3 is 5.97 Å². The van der Waals surface area contributed by atoms with Gasteiger partial charge in [0, 0.05) is 12.2 Å². The first kappa shape index (κ1) is 25.1. The largest absolute Gasteiger partial charge is 0.491 e. The Morgan fingerprint density at radius 1 is 0.912 bits per heavy atom. The smallest absolute Gasteiger partial charge is 0.331 e. The van der Waals surface area contributed by atoms with Gasteiger partial charge in [-0.25, -0.2) is 4.79 Å². The molecule has 0 radical (unpaired) electrons. The lowest BCUT2D eigenvalue weighted by Crippen LogP contribution is -2.06. The highest BCUT2D eigenvalue weighted by atomic mass is 16.5. The van der Waals surface area contributed by atoms with Crippen LogP contribution in [0, 0.1) is 13.8 Å². The lowest BCUT2D eigenvalue weighted by molar-refractivity contribution is -0.132. The van der Waals surface area contributed by atoms with Crippen LogP contribution in [-0.4, -0.2) is 30.9 Å². The van der Waals surface area contributed by atoms with Crippen LogP contribution in [-0.2, 0) is 16.1 Å². The van der Waals surface area contributed by atoms with Crippen LogP contribution in [0.1, 0.15) is 36.1 Å². The molecular weight excluding hydrogens is 428 g/mol. The molecule has 0 aliphatic rings. The van der Waals surface area contributed by atoms with Crippen molar-refractivity contribution in [2.45, 2.75) is 34.3 Å². The van der Waals surface area contributed by atoms with E-state index >= 15 is 0 Å². The van der Waals surface area contributed by atoms with Crippen LogP contribution in [0.3, 0.4) is 0 Å². The summed E-state index contributed by atoms with van der Waals surface area (Å²) in [5.41, 5.74) is 6.84. The van der Waals surface area contributed by atoms with E-state index in [4.69, 9.17) is 19.3 Å². The van der Waals surface area contributed by atoms with Gasteiger partial charge in [0.05, 0.1) is 6.61 Å². The Balaban J connectivity index is 1.68. The summed E-state index contributed by atoms with van der Waals surface area (Å²) in [6, 6.07) is 19.9. The fraction of sp³-hybridized carbons (Fsp3) is 0.276. The molecule has 0 aromatic heterocycles. The summed E-state index contributed by atoms with van der Waals surface area (Å²) in [6.45, 7) is 10.00. The Kier molecular flexibility index (Phi) is 8.88. The molecule has 178 valence electrons. The van der Waals surface area contributed by atoms with E-state index in [0.717, 1.165) is 39.3 Å². The molecule has 1 N–H and O–H groups in total. The minimum absolute atomic E-state index is 0.293. The molecular formula is C29H32O5. The molecule has 0 saturated heterocycles. The van der Waals surface area contributed by atoms with Gasteiger partial charge in [0.2, 0.25) is 0 Å². The molecule has 5 heteroatoms. The van der Waals surface area contributed by atoms with Gasteiger partial charge in [0.15, 0.2) is 0 Å².